The fourth-order valence-electron chi connectivity index (χ4n) is 2.38. The van der Waals surface area contributed by atoms with Gasteiger partial charge in [-0.2, -0.15) is 0 Å². The Hall–Kier alpha value is -1.43. The molecule has 0 bridgehead atoms. The number of fused-ring (bicyclic) bond motifs is 1. The number of nitrogens with one attached hydrogen (secondary N) is 1. The van der Waals surface area contributed by atoms with Gasteiger partial charge in [0.15, 0.2) is 0 Å². The van der Waals surface area contributed by atoms with Crippen LogP contribution in [0.2, 0.25) is 0 Å². The molecule has 1 saturated heterocycles. The monoisotopic (exact) mass is 291 g/mol. The first-order chi connectivity index (χ1) is 9.78. The average Bonchev–Trinajstić information content (AvgIpc) is 3.06. The molecule has 1 aromatic carbocycles. The molecule has 2 heterocycles. The minimum Gasteiger partial charge on any atom is -0.376 e. The van der Waals surface area contributed by atoms with Gasteiger partial charge in [-0.05, 0) is 24.4 Å². The number of rotatable bonds is 4. The fraction of sp³-hybridized carbons (Fsp3) is 0.400. The van der Waals surface area contributed by atoms with Crippen molar-refractivity contribution in [2.45, 2.75) is 19.1 Å². The van der Waals surface area contributed by atoms with Gasteiger partial charge in [0.2, 0.25) is 0 Å². The maximum atomic E-state index is 12.3. The lowest BCUT2D eigenvalue weighted by atomic mass is 10.2. The van der Waals surface area contributed by atoms with E-state index in [-0.39, 0.29) is 18.1 Å². The summed E-state index contributed by atoms with van der Waals surface area (Å²) < 4.78 is 12.1. The average molecular weight is 291 g/mol. The molecule has 1 N–H and O–H groups in total. The third kappa shape index (κ3) is 2.70. The van der Waals surface area contributed by atoms with Crippen LogP contribution in [0, 0.1) is 0 Å². The summed E-state index contributed by atoms with van der Waals surface area (Å²) in [6, 6.07) is 9.87. The van der Waals surface area contributed by atoms with Crippen molar-refractivity contribution in [3.63, 3.8) is 0 Å². The van der Waals surface area contributed by atoms with Crippen LogP contribution in [0.25, 0.3) is 10.1 Å². The van der Waals surface area contributed by atoms with Gasteiger partial charge in [0.25, 0.3) is 5.91 Å². The Morgan fingerprint density at radius 3 is 3.10 bits per heavy atom. The number of hydrogen-bond acceptors (Lipinski definition) is 4. The molecule has 0 saturated carbocycles. The molecule has 5 heteroatoms. The van der Waals surface area contributed by atoms with Gasteiger partial charge in [0.05, 0.1) is 24.1 Å². The van der Waals surface area contributed by atoms with Crippen molar-refractivity contribution < 1.29 is 14.3 Å². The number of amides is 1. The zero-order valence-electron chi connectivity index (χ0n) is 11.3. The second-order valence-corrected chi connectivity index (χ2v) is 5.84. The minimum absolute atomic E-state index is 0.0432. The molecule has 2 aromatic rings. The van der Waals surface area contributed by atoms with Gasteiger partial charge >= 0.3 is 0 Å². The van der Waals surface area contributed by atoms with Crippen LogP contribution < -0.4 is 5.32 Å². The molecular weight excluding hydrogens is 274 g/mol. The second-order valence-electron chi connectivity index (χ2n) is 4.76. The highest BCUT2D eigenvalue weighted by atomic mass is 32.1. The largest absolute Gasteiger partial charge is 0.376 e. The summed E-state index contributed by atoms with van der Waals surface area (Å²) in [6.07, 6.45) is -0.0432. The summed E-state index contributed by atoms with van der Waals surface area (Å²) in [5, 5.41) is 4.12. The number of benzene rings is 1. The van der Waals surface area contributed by atoms with Crippen molar-refractivity contribution in [2.24, 2.45) is 0 Å². The standard InChI is InChI=1S/C15H17NO3S/c1-2-19-12-9-18-8-11(12)16-15(17)14-7-10-5-3-4-6-13(10)20-14/h3-7,11-12H,2,8-9H2,1H3,(H,16,17)/t11-,12-/m0/s1. The predicted molar refractivity (Wildman–Crippen MR) is 79.3 cm³/mol. The van der Waals surface area contributed by atoms with Crippen molar-refractivity contribution in [1.82, 2.24) is 5.32 Å². The van der Waals surface area contributed by atoms with Gasteiger partial charge in [0, 0.05) is 11.3 Å². The van der Waals surface area contributed by atoms with Crippen LogP contribution in [0.15, 0.2) is 30.3 Å². The lowest BCUT2D eigenvalue weighted by Crippen LogP contribution is -2.43. The first kappa shape index (κ1) is 13.5. The summed E-state index contributed by atoms with van der Waals surface area (Å²) in [6.45, 7) is 3.64. The van der Waals surface area contributed by atoms with E-state index in [9.17, 15) is 4.79 Å². The Morgan fingerprint density at radius 1 is 1.45 bits per heavy atom. The number of carbonyl (C=O) groups excluding carboxylic acids is 1. The zero-order valence-corrected chi connectivity index (χ0v) is 12.1. The summed E-state index contributed by atoms with van der Waals surface area (Å²) >= 11 is 1.51. The molecule has 20 heavy (non-hydrogen) atoms. The van der Waals surface area contributed by atoms with E-state index in [1.807, 2.05) is 37.3 Å². The molecule has 1 fully saturated rings. The molecule has 1 aliphatic rings. The van der Waals surface area contributed by atoms with Crippen LogP contribution in [0.3, 0.4) is 0 Å². The maximum absolute atomic E-state index is 12.3. The summed E-state index contributed by atoms with van der Waals surface area (Å²) in [5.74, 6) is -0.0496. The van der Waals surface area contributed by atoms with E-state index in [2.05, 4.69) is 5.32 Å². The molecule has 4 nitrogen and oxygen atoms in total. The van der Waals surface area contributed by atoms with Gasteiger partial charge in [0.1, 0.15) is 6.10 Å². The quantitative estimate of drug-likeness (QED) is 0.941. The molecule has 1 amide bonds. The van der Waals surface area contributed by atoms with Gasteiger partial charge in [-0.25, -0.2) is 0 Å². The third-order valence-electron chi connectivity index (χ3n) is 3.37. The number of hydrogen-bond donors (Lipinski definition) is 1. The van der Waals surface area contributed by atoms with Crippen LogP contribution in [0.1, 0.15) is 16.6 Å². The normalized spacial score (nSPS) is 22.2. The van der Waals surface area contributed by atoms with E-state index >= 15 is 0 Å². The first-order valence-electron chi connectivity index (χ1n) is 6.76. The molecule has 2 atom stereocenters. The maximum Gasteiger partial charge on any atom is 0.261 e. The molecule has 1 aliphatic heterocycles. The van der Waals surface area contributed by atoms with Crippen molar-refractivity contribution >= 4 is 27.3 Å². The van der Waals surface area contributed by atoms with Crippen molar-refractivity contribution in [2.75, 3.05) is 19.8 Å². The Morgan fingerprint density at radius 2 is 2.30 bits per heavy atom. The number of carbonyl (C=O) groups is 1. The highest BCUT2D eigenvalue weighted by Crippen LogP contribution is 2.25. The molecule has 1 aromatic heterocycles. The summed E-state index contributed by atoms with van der Waals surface area (Å²) in [5.41, 5.74) is 0. The van der Waals surface area contributed by atoms with Crippen LogP contribution in [-0.4, -0.2) is 37.9 Å². The van der Waals surface area contributed by atoms with Crippen LogP contribution in [0.5, 0.6) is 0 Å². The van der Waals surface area contributed by atoms with Gasteiger partial charge in [-0.15, -0.1) is 11.3 Å². The molecule has 0 aliphatic carbocycles. The Bertz CT molecular complexity index is 577. The number of ether oxygens (including phenoxy) is 2. The van der Waals surface area contributed by atoms with E-state index in [4.69, 9.17) is 9.47 Å². The van der Waals surface area contributed by atoms with Crippen LogP contribution >= 0.6 is 11.3 Å². The Kier molecular flexibility index (Phi) is 4.00. The zero-order chi connectivity index (χ0) is 13.9. The third-order valence-corrected chi connectivity index (χ3v) is 4.49. The molecule has 0 radical (unpaired) electrons. The van der Waals surface area contributed by atoms with E-state index in [0.29, 0.717) is 19.8 Å². The molecule has 0 spiro atoms. The Balaban J connectivity index is 1.72. The first-order valence-corrected chi connectivity index (χ1v) is 7.58. The SMILES string of the molecule is CCO[C@H]1COC[C@@H]1NC(=O)c1cc2ccccc2s1. The molecule has 3 rings (SSSR count). The lowest BCUT2D eigenvalue weighted by molar-refractivity contribution is 0.0403. The Labute approximate surface area is 121 Å². The van der Waals surface area contributed by atoms with E-state index in [0.717, 1.165) is 15.0 Å². The molecular formula is C15H17NO3S. The van der Waals surface area contributed by atoms with Crippen molar-refractivity contribution in [3.8, 4) is 0 Å². The fourth-order valence-corrected chi connectivity index (χ4v) is 3.35. The van der Waals surface area contributed by atoms with E-state index in [1.165, 1.54) is 11.3 Å². The second kappa shape index (κ2) is 5.91. The van der Waals surface area contributed by atoms with Crippen molar-refractivity contribution in [3.05, 3.63) is 35.2 Å². The highest BCUT2D eigenvalue weighted by Gasteiger charge is 2.30. The topological polar surface area (TPSA) is 47.6 Å². The van der Waals surface area contributed by atoms with Gasteiger partial charge in [-0.1, -0.05) is 18.2 Å². The summed E-state index contributed by atoms with van der Waals surface area (Å²) in [4.78, 5) is 13.0. The number of thiophene rings is 1. The highest BCUT2D eigenvalue weighted by molar-refractivity contribution is 7.20. The predicted octanol–water partition coefficient (Wildman–Crippen LogP) is 2.43. The van der Waals surface area contributed by atoms with E-state index < -0.39 is 0 Å². The lowest BCUT2D eigenvalue weighted by Gasteiger charge is -2.18. The van der Waals surface area contributed by atoms with Crippen molar-refractivity contribution in [1.29, 1.82) is 0 Å². The van der Waals surface area contributed by atoms with Gasteiger partial charge in [-0.3, -0.25) is 4.79 Å². The van der Waals surface area contributed by atoms with Crippen LogP contribution in [-0.2, 0) is 9.47 Å². The minimum atomic E-state index is -0.0623. The summed E-state index contributed by atoms with van der Waals surface area (Å²) in [7, 11) is 0. The van der Waals surface area contributed by atoms with E-state index in [1.54, 1.807) is 0 Å². The molecule has 0 unspecified atom stereocenters. The van der Waals surface area contributed by atoms with Gasteiger partial charge < -0.3 is 14.8 Å². The smallest absolute Gasteiger partial charge is 0.261 e. The van der Waals surface area contributed by atoms with Crippen LogP contribution in [0.4, 0.5) is 0 Å². The molecule has 106 valence electrons.